The maximum atomic E-state index is 5.39. The molecule has 3 aromatic heterocycles. The van der Waals surface area contributed by atoms with E-state index in [-0.39, 0.29) is 0 Å². The highest BCUT2D eigenvalue weighted by molar-refractivity contribution is 5.53. The monoisotopic (exact) mass is 309 g/mol. The second kappa shape index (κ2) is 7.00. The Labute approximate surface area is 135 Å². The zero-order valence-corrected chi connectivity index (χ0v) is 13.3. The Morgan fingerprint density at radius 1 is 1.09 bits per heavy atom. The third-order valence-corrected chi connectivity index (χ3v) is 3.45. The van der Waals surface area contributed by atoms with Crippen molar-refractivity contribution >= 4 is 5.95 Å². The molecular weight excluding hydrogens is 290 g/mol. The second-order valence-corrected chi connectivity index (χ2v) is 5.39. The Morgan fingerprint density at radius 3 is 2.61 bits per heavy atom. The van der Waals surface area contributed by atoms with Crippen molar-refractivity contribution < 1.29 is 4.52 Å². The number of pyridine rings is 1. The van der Waals surface area contributed by atoms with Crippen molar-refractivity contribution in [2.75, 3.05) is 11.9 Å². The summed E-state index contributed by atoms with van der Waals surface area (Å²) >= 11 is 0. The number of hydrogen-bond acceptors (Lipinski definition) is 6. The molecular formula is C17H19N5O. The van der Waals surface area contributed by atoms with Crippen LogP contribution in [-0.2, 0) is 13.0 Å². The Morgan fingerprint density at radius 2 is 1.91 bits per heavy atom. The molecule has 118 valence electrons. The fourth-order valence-corrected chi connectivity index (χ4v) is 2.29. The predicted octanol–water partition coefficient (Wildman–Crippen LogP) is 3.12. The summed E-state index contributed by atoms with van der Waals surface area (Å²) in [4.78, 5) is 15.0. The molecule has 0 aromatic carbocycles. The van der Waals surface area contributed by atoms with Crippen molar-refractivity contribution in [3.8, 4) is 11.4 Å². The van der Waals surface area contributed by atoms with Crippen molar-refractivity contribution in [3.05, 3.63) is 54.2 Å². The van der Waals surface area contributed by atoms with Crippen molar-refractivity contribution in [2.24, 2.45) is 0 Å². The van der Waals surface area contributed by atoms with Crippen molar-refractivity contribution in [3.63, 3.8) is 0 Å². The molecule has 0 saturated carbocycles. The first kappa shape index (κ1) is 15.1. The predicted molar refractivity (Wildman–Crippen MR) is 87.9 cm³/mol. The molecule has 0 unspecified atom stereocenters. The molecule has 0 aliphatic rings. The minimum absolute atomic E-state index is 0.549. The number of nitrogens with zero attached hydrogens (tertiary/aromatic N) is 5. The molecule has 0 bridgehead atoms. The van der Waals surface area contributed by atoms with Gasteiger partial charge in [-0.3, -0.25) is 4.98 Å². The number of rotatable bonds is 6. The lowest BCUT2D eigenvalue weighted by Gasteiger charge is -2.14. The fraction of sp³-hybridized carbons (Fsp3) is 0.294. The summed E-state index contributed by atoms with van der Waals surface area (Å²) in [7, 11) is 1.93. The highest BCUT2D eigenvalue weighted by atomic mass is 16.5. The van der Waals surface area contributed by atoms with Crippen LogP contribution in [0.1, 0.15) is 24.7 Å². The maximum Gasteiger partial charge on any atom is 0.225 e. The van der Waals surface area contributed by atoms with Crippen molar-refractivity contribution in [1.29, 1.82) is 0 Å². The highest BCUT2D eigenvalue weighted by Gasteiger charge is 2.11. The van der Waals surface area contributed by atoms with Gasteiger partial charge in [0.25, 0.3) is 0 Å². The van der Waals surface area contributed by atoms with Crippen LogP contribution in [0.5, 0.6) is 0 Å². The quantitative estimate of drug-likeness (QED) is 0.697. The Hall–Kier alpha value is -2.76. The SMILES string of the molecule is CCCc1cnc(N(C)Cc2cc(-c3ccccn3)no2)nc1. The summed E-state index contributed by atoms with van der Waals surface area (Å²) in [6.45, 7) is 2.69. The van der Waals surface area contributed by atoms with Crippen LogP contribution < -0.4 is 4.90 Å². The average molecular weight is 309 g/mol. The minimum atomic E-state index is 0.549. The van der Waals surface area contributed by atoms with Gasteiger partial charge in [0.05, 0.1) is 12.2 Å². The molecule has 3 rings (SSSR count). The van der Waals surface area contributed by atoms with Crippen LogP contribution in [0.4, 0.5) is 5.95 Å². The first-order valence-corrected chi connectivity index (χ1v) is 7.65. The van der Waals surface area contributed by atoms with Gasteiger partial charge in [-0.25, -0.2) is 9.97 Å². The van der Waals surface area contributed by atoms with E-state index in [1.54, 1.807) is 6.20 Å². The van der Waals surface area contributed by atoms with E-state index in [0.29, 0.717) is 12.5 Å². The zero-order chi connectivity index (χ0) is 16.1. The molecule has 3 aromatic rings. The first-order valence-electron chi connectivity index (χ1n) is 7.65. The summed E-state index contributed by atoms with van der Waals surface area (Å²) in [5, 5.41) is 4.07. The third kappa shape index (κ3) is 3.71. The van der Waals surface area contributed by atoms with Crippen LogP contribution >= 0.6 is 0 Å². The molecule has 0 atom stereocenters. The third-order valence-electron chi connectivity index (χ3n) is 3.45. The van der Waals surface area contributed by atoms with Gasteiger partial charge < -0.3 is 9.42 Å². The molecule has 0 aliphatic heterocycles. The van der Waals surface area contributed by atoms with Crippen LogP contribution in [0.3, 0.4) is 0 Å². The van der Waals surface area contributed by atoms with Gasteiger partial charge in [0, 0.05) is 31.7 Å². The number of hydrogen-bond donors (Lipinski definition) is 0. The average Bonchev–Trinajstić information content (AvgIpc) is 3.05. The molecule has 6 nitrogen and oxygen atoms in total. The fourth-order valence-electron chi connectivity index (χ4n) is 2.29. The van der Waals surface area contributed by atoms with Crippen LogP contribution in [0, 0.1) is 0 Å². The largest absolute Gasteiger partial charge is 0.359 e. The van der Waals surface area contributed by atoms with E-state index in [2.05, 4.69) is 27.0 Å². The second-order valence-electron chi connectivity index (χ2n) is 5.39. The number of aromatic nitrogens is 4. The standard InChI is InChI=1S/C17H19N5O/c1-3-6-13-10-19-17(20-11-13)22(2)12-14-9-16(21-23-14)15-7-4-5-8-18-15/h4-5,7-11H,3,6,12H2,1-2H3. The van der Waals surface area contributed by atoms with Gasteiger partial charge in [0.1, 0.15) is 5.69 Å². The Bertz CT molecular complexity index is 739. The van der Waals surface area contributed by atoms with Crippen molar-refractivity contribution in [1.82, 2.24) is 20.1 Å². The van der Waals surface area contributed by atoms with Gasteiger partial charge >= 0.3 is 0 Å². The van der Waals surface area contributed by atoms with Crippen LogP contribution in [0.2, 0.25) is 0 Å². The molecule has 0 fully saturated rings. The lowest BCUT2D eigenvalue weighted by Crippen LogP contribution is -2.18. The van der Waals surface area contributed by atoms with E-state index in [1.807, 2.05) is 48.6 Å². The smallest absolute Gasteiger partial charge is 0.225 e. The first-order chi connectivity index (χ1) is 11.3. The van der Waals surface area contributed by atoms with E-state index in [1.165, 1.54) is 0 Å². The molecule has 0 N–H and O–H groups in total. The summed E-state index contributed by atoms with van der Waals surface area (Å²) < 4.78 is 5.39. The molecule has 0 spiro atoms. The molecule has 23 heavy (non-hydrogen) atoms. The molecule has 0 amide bonds. The van der Waals surface area contributed by atoms with E-state index in [4.69, 9.17) is 4.52 Å². The highest BCUT2D eigenvalue weighted by Crippen LogP contribution is 2.18. The molecule has 0 saturated heterocycles. The van der Waals surface area contributed by atoms with Crippen molar-refractivity contribution in [2.45, 2.75) is 26.3 Å². The Balaban J connectivity index is 1.68. The number of aryl methyl sites for hydroxylation is 1. The lowest BCUT2D eigenvalue weighted by atomic mass is 10.2. The summed E-state index contributed by atoms with van der Waals surface area (Å²) in [6, 6.07) is 7.59. The topological polar surface area (TPSA) is 67.9 Å². The van der Waals surface area contributed by atoms with Crippen LogP contribution in [0.15, 0.2) is 47.4 Å². The molecule has 0 radical (unpaired) electrons. The van der Waals surface area contributed by atoms with Gasteiger partial charge in [0.15, 0.2) is 5.76 Å². The van der Waals surface area contributed by atoms with Crippen LogP contribution in [-0.4, -0.2) is 27.2 Å². The summed E-state index contributed by atoms with van der Waals surface area (Å²) in [5.41, 5.74) is 2.68. The van der Waals surface area contributed by atoms with Gasteiger partial charge in [-0.15, -0.1) is 0 Å². The normalized spacial score (nSPS) is 10.7. The number of anilines is 1. The minimum Gasteiger partial charge on any atom is -0.359 e. The van der Waals surface area contributed by atoms with E-state index < -0.39 is 0 Å². The summed E-state index contributed by atoms with van der Waals surface area (Å²) in [6.07, 6.45) is 7.58. The summed E-state index contributed by atoms with van der Waals surface area (Å²) in [5.74, 6) is 1.41. The lowest BCUT2D eigenvalue weighted by molar-refractivity contribution is 0.384. The maximum absolute atomic E-state index is 5.39. The Kier molecular flexibility index (Phi) is 4.61. The zero-order valence-electron chi connectivity index (χ0n) is 13.3. The van der Waals surface area contributed by atoms with E-state index >= 15 is 0 Å². The van der Waals surface area contributed by atoms with Gasteiger partial charge in [-0.2, -0.15) is 0 Å². The van der Waals surface area contributed by atoms with E-state index in [0.717, 1.165) is 35.6 Å². The molecule has 0 aliphatic carbocycles. The van der Waals surface area contributed by atoms with Gasteiger partial charge in [0.2, 0.25) is 5.95 Å². The van der Waals surface area contributed by atoms with Crippen LogP contribution in [0.25, 0.3) is 11.4 Å². The molecule has 6 heteroatoms. The van der Waals surface area contributed by atoms with E-state index in [9.17, 15) is 0 Å². The van der Waals surface area contributed by atoms with Gasteiger partial charge in [-0.05, 0) is 24.1 Å². The molecule has 3 heterocycles. The van der Waals surface area contributed by atoms with Gasteiger partial charge in [-0.1, -0.05) is 24.6 Å².